The molecule has 0 radical (unpaired) electrons. The van der Waals surface area contributed by atoms with Crippen molar-refractivity contribution >= 4 is 39.2 Å². The summed E-state index contributed by atoms with van der Waals surface area (Å²) in [6.45, 7) is -0.284. The van der Waals surface area contributed by atoms with E-state index >= 15 is 0 Å². The molecule has 0 spiro atoms. The number of esters is 1. The maximum Gasteiger partial charge on any atom is 0.306 e. The van der Waals surface area contributed by atoms with E-state index in [1.807, 2.05) is 27.7 Å². The van der Waals surface area contributed by atoms with Gasteiger partial charge in [-0.2, -0.15) is 5.26 Å². The van der Waals surface area contributed by atoms with Crippen molar-refractivity contribution < 1.29 is 14.3 Å². The lowest BCUT2D eigenvalue weighted by molar-refractivity contribution is -0.147. The van der Waals surface area contributed by atoms with E-state index in [9.17, 15) is 9.59 Å². The minimum Gasteiger partial charge on any atom is -0.456 e. The Morgan fingerprint density at radius 2 is 2.08 bits per heavy atom. The van der Waals surface area contributed by atoms with Gasteiger partial charge in [-0.3, -0.25) is 9.59 Å². The van der Waals surface area contributed by atoms with Crippen LogP contribution >= 0.6 is 21.6 Å². The van der Waals surface area contributed by atoms with Gasteiger partial charge < -0.3 is 10.1 Å². The number of nitriles is 1. The first-order valence-corrected chi connectivity index (χ1v) is 10.3. The number of benzene rings is 1. The van der Waals surface area contributed by atoms with Gasteiger partial charge in [0.2, 0.25) is 0 Å². The van der Waals surface area contributed by atoms with Gasteiger partial charge in [0.25, 0.3) is 5.91 Å². The Kier molecular flexibility index (Phi) is 7.99. The molecule has 5 nitrogen and oxygen atoms in total. The van der Waals surface area contributed by atoms with Crippen molar-refractivity contribution in [2.24, 2.45) is 0 Å². The SMILES string of the molecule is N#Cc1ccc(NC(=O)COC(=O)CCCC[C@@H]2CCSS2)cc1. The lowest BCUT2D eigenvalue weighted by atomic mass is 10.1. The van der Waals surface area contributed by atoms with Gasteiger partial charge in [-0.05, 0) is 43.5 Å². The quantitative estimate of drug-likeness (QED) is 0.430. The van der Waals surface area contributed by atoms with E-state index in [1.54, 1.807) is 24.3 Å². The van der Waals surface area contributed by atoms with Gasteiger partial charge in [0.1, 0.15) is 0 Å². The standard InChI is InChI=1S/C17H20N2O3S2/c18-11-13-5-7-14(8-6-13)19-16(20)12-22-17(21)4-2-1-3-15-9-10-23-24-15/h5-8,15H,1-4,9-10,12H2,(H,19,20)/t15-/m1/s1. The van der Waals surface area contributed by atoms with E-state index in [2.05, 4.69) is 5.32 Å². The van der Waals surface area contributed by atoms with E-state index < -0.39 is 0 Å². The minimum atomic E-state index is -0.382. The summed E-state index contributed by atoms with van der Waals surface area (Å²) in [4.78, 5) is 23.3. The second kappa shape index (κ2) is 10.3. The zero-order valence-corrected chi connectivity index (χ0v) is 15.0. The molecule has 0 aromatic heterocycles. The second-order valence-electron chi connectivity index (χ2n) is 5.47. The van der Waals surface area contributed by atoms with E-state index in [-0.39, 0.29) is 18.5 Å². The largest absolute Gasteiger partial charge is 0.456 e. The van der Waals surface area contributed by atoms with Crippen molar-refractivity contribution in [1.29, 1.82) is 5.26 Å². The second-order valence-corrected chi connectivity index (χ2v) is 8.26. The Morgan fingerprint density at radius 1 is 1.29 bits per heavy atom. The molecular formula is C17H20N2O3S2. The average Bonchev–Trinajstić information content (AvgIpc) is 3.11. The molecule has 1 aromatic rings. The molecule has 0 aliphatic carbocycles. The average molecular weight is 364 g/mol. The van der Waals surface area contributed by atoms with Crippen LogP contribution in [-0.4, -0.2) is 29.5 Å². The molecule has 1 heterocycles. The number of carbonyl (C=O) groups excluding carboxylic acids is 2. The van der Waals surface area contributed by atoms with E-state index in [4.69, 9.17) is 10.00 Å². The predicted molar refractivity (Wildman–Crippen MR) is 97.7 cm³/mol. The van der Waals surface area contributed by atoms with Crippen LogP contribution in [0.4, 0.5) is 5.69 Å². The molecule has 1 aliphatic rings. The van der Waals surface area contributed by atoms with Gasteiger partial charge in [0.15, 0.2) is 6.61 Å². The van der Waals surface area contributed by atoms with Crippen molar-refractivity contribution in [3.63, 3.8) is 0 Å². The van der Waals surface area contributed by atoms with Gasteiger partial charge in [0, 0.05) is 23.1 Å². The molecule has 0 saturated carbocycles. The molecule has 1 amide bonds. The van der Waals surface area contributed by atoms with Crippen LogP contribution in [0.3, 0.4) is 0 Å². The highest BCUT2D eigenvalue weighted by Gasteiger charge is 2.16. The fourth-order valence-electron chi connectivity index (χ4n) is 2.25. The Hall–Kier alpha value is -1.65. The fourth-order valence-corrected chi connectivity index (χ4v) is 5.28. The molecule has 0 unspecified atom stereocenters. The zero-order chi connectivity index (χ0) is 17.2. The predicted octanol–water partition coefficient (Wildman–Crippen LogP) is 3.75. The summed E-state index contributed by atoms with van der Waals surface area (Å²) in [5, 5.41) is 12.1. The molecular weight excluding hydrogens is 344 g/mol. The summed E-state index contributed by atoms with van der Waals surface area (Å²) in [6, 6.07) is 8.51. The summed E-state index contributed by atoms with van der Waals surface area (Å²) in [6.07, 6.45) is 4.58. The first-order valence-electron chi connectivity index (χ1n) is 7.91. The number of unbranched alkanes of at least 4 members (excludes halogenated alkanes) is 1. The van der Waals surface area contributed by atoms with Crippen LogP contribution in [0, 0.1) is 11.3 Å². The number of carbonyl (C=O) groups is 2. The lowest BCUT2D eigenvalue weighted by Gasteiger charge is -2.08. The first kappa shape index (κ1) is 18.7. The van der Waals surface area contributed by atoms with Crippen LogP contribution < -0.4 is 5.32 Å². The van der Waals surface area contributed by atoms with Gasteiger partial charge in [0.05, 0.1) is 11.6 Å². The maximum atomic E-state index is 11.7. The Labute approximate surface area is 149 Å². The summed E-state index contributed by atoms with van der Waals surface area (Å²) in [7, 11) is 3.87. The third-order valence-electron chi connectivity index (χ3n) is 3.55. The molecule has 2 rings (SSSR count). The molecule has 7 heteroatoms. The van der Waals surface area contributed by atoms with Crippen molar-refractivity contribution in [3.8, 4) is 6.07 Å². The molecule has 0 bridgehead atoms. The first-order chi connectivity index (χ1) is 11.7. The number of rotatable bonds is 8. The van der Waals surface area contributed by atoms with Gasteiger partial charge in [-0.25, -0.2) is 0 Å². The number of nitrogens with one attached hydrogen (secondary N) is 1. The molecule has 24 heavy (non-hydrogen) atoms. The Morgan fingerprint density at radius 3 is 2.75 bits per heavy atom. The fraction of sp³-hybridized carbons (Fsp3) is 0.471. The smallest absolute Gasteiger partial charge is 0.306 e. The number of amides is 1. The van der Waals surface area contributed by atoms with Crippen LogP contribution in [0.25, 0.3) is 0 Å². The van der Waals surface area contributed by atoms with Crippen LogP contribution in [0.15, 0.2) is 24.3 Å². The summed E-state index contributed by atoms with van der Waals surface area (Å²) in [5.41, 5.74) is 1.09. The molecule has 1 fully saturated rings. The van der Waals surface area contributed by atoms with Crippen LogP contribution in [0.2, 0.25) is 0 Å². The third kappa shape index (κ3) is 6.85. The van der Waals surface area contributed by atoms with E-state index in [1.165, 1.54) is 12.2 Å². The van der Waals surface area contributed by atoms with Crippen molar-refractivity contribution in [2.75, 3.05) is 17.7 Å². The molecule has 1 N–H and O–H groups in total. The number of nitrogens with zero attached hydrogens (tertiary/aromatic N) is 1. The lowest BCUT2D eigenvalue weighted by Crippen LogP contribution is -2.20. The number of anilines is 1. The highest BCUT2D eigenvalue weighted by atomic mass is 33.1. The van der Waals surface area contributed by atoms with Gasteiger partial charge >= 0.3 is 5.97 Å². The van der Waals surface area contributed by atoms with Gasteiger partial charge in [-0.15, -0.1) is 0 Å². The number of hydrogen-bond acceptors (Lipinski definition) is 6. The normalized spacial score (nSPS) is 16.4. The monoisotopic (exact) mass is 364 g/mol. The van der Waals surface area contributed by atoms with Crippen molar-refractivity contribution in [2.45, 2.75) is 37.4 Å². The molecule has 128 valence electrons. The van der Waals surface area contributed by atoms with Crippen LogP contribution in [0.5, 0.6) is 0 Å². The van der Waals surface area contributed by atoms with E-state index in [0.29, 0.717) is 17.7 Å². The van der Waals surface area contributed by atoms with Gasteiger partial charge in [-0.1, -0.05) is 28.0 Å². The summed E-state index contributed by atoms with van der Waals surface area (Å²) >= 11 is 0. The zero-order valence-electron chi connectivity index (χ0n) is 13.3. The minimum absolute atomic E-state index is 0.284. The number of hydrogen-bond donors (Lipinski definition) is 1. The highest BCUT2D eigenvalue weighted by Crippen LogP contribution is 2.39. The maximum absolute atomic E-state index is 11.7. The summed E-state index contributed by atoms with van der Waals surface area (Å²) < 4.78 is 4.98. The Balaban J connectivity index is 1.56. The third-order valence-corrected chi connectivity index (χ3v) is 6.55. The molecule has 1 aromatic carbocycles. The molecule has 1 saturated heterocycles. The summed E-state index contributed by atoms with van der Waals surface area (Å²) in [5.74, 6) is 0.511. The Bertz CT molecular complexity index is 593. The van der Waals surface area contributed by atoms with Crippen LogP contribution in [-0.2, 0) is 14.3 Å². The number of ether oxygens (including phenoxy) is 1. The van der Waals surface area contributed by atoms with E-state index in [0.717, 1.165) is 24.5 Å². The van der Waals surface area contributed by atoms with Crippen molar-refractivity contribution in [1.82, 2.24) is 0 Å². The topological polar surface area (TPSA) is 79.2 Å². The molecule has 1 atom stereocenters. The molecule has 1 aliphatic heterocycles. The van der Waals surface area contributed by atoms with Crippen molar-refractivity contribution in [3.05, 3.63) is 29.8 Å². The van der Waals surface area contributed by atoms with Crippen LogP contribution in [0.1, 0.15) is 37.7 Å². The highest BCUT2D eigenvalue weighted by molar-refractivity contribution is 8.77.